The highest BCUT2D eigenvalue weighted by Crippen LogP contribution is 2.32. The number of carbonyl (C=O) groups is 1. The van der Waals surface area contributed by atoms with Crippen LogP contribution in [0.4, 0.5) is 4.79 Å². The smallest absolute Gasteiger partial charge is 0.410 e. The lowest BCUT2D eigenvalue weighted by molar-refractivity contribution is 0.00613. The SMILES string of the molecule is Cc1cc(C2CCCCN2C(=O)OC(C)(C)C)on1. The quantitative estimate of drug-likeness (QED) is 0.781. The summed E-state index contributed by atoms with van der Waals surface area (Å²) in [7, 11) is 0. The van der Waals surface area contributed by atoms with Crippen LogP contribution in [-0.4, -0.2) is 28.3 Å². The molecule has 1 aromatic heterocycles. The lowest BCUT2D eigenvalue weighted by Crippen LogP contribution is -2.41. The third-order valence-corrected chi connectivity index (χ3v) is 3.11. The Kier molecular flexibility index (Phi) is 3.83. The number of piperidine rings is 1. The molecule has 1 amide bonds. The number of likely N-dealkylation sites (tertiary alicyclic amines) is 1. The van der Waals surface area contributed by atoms with Crippen LogP contribution in [-0.2, 0) is 4.74 Å². The number of hydrogen-bond donors (Lipinski definition) is 0. The number of carbonyl (C=O) groups excluding carboxylic acids is 1. The van der Waals surface area contributed by atoms with E-state index < -0.39 is 5.60 Å². The lowest BCUT2D eigenvalue weighted by atomic mass is 10.0. The van der Waals surface area contributed by atoms with Gasteiger partial charge in [0, 0.05) is 12.6 Å². The molecule has 19 heavy (non-hydrogen) atoms. The zero-order valence-corrected chi connectivity index (χ0v) is 12.1. The molecule has 0 aromatic carbocycles. The standard InChI is InChI=1S/C14H22N2O3/c1-10-9-12(19-15-10)11-7-5-6-8-16(11)13(17)18-14(2,3)4/h9,11H,5-8H2,1-4H3. The topological polar surface area (TPSA) is 55.6 Å². The van der Waals surface area contributed by atoms with Crippen LogP contribution in [0.2, 0.25) is 0 Å². The van der Waals surface area contributed by atoms with E-state index >= 15 is 0 Å². The highest BCUT2D eigenvalue weighted by molar-refractivity contribution is 5.68. The Hall–Kier alpha value is -1.52. The number of ether oxygens (including phenoxy) is 1. The van der Waals surface area contributed by atoms with Gasteiger partial charge >= 0.3 is 6.09 Å². The molecule has 5 heteroatoms. The Morgan fingerprint density at radius 2 is 2.21 bits per heavy atom. The van der Waals surface area contributed by atoms with Crippen LogP contribution in [0.15, 0.2) is 10.6 Å². The van der Waals surface area contributed by atoms with Gasteiger partial charge in [-0.1, -0.05) is 5.16 Å². The minimum Gasteiger partial charge on any atom is -0.444 e. The molecular formula is C14H22N2O3. The fourth-order valence-electron chi connectivity index (χ4n) is 2.31. The number of amides is 1. The van der Waals surface area contributed by atoms with Gasteiger partial charge in [-0.2, -0.15) is 0 Å². The normalized spacial score (nSPS) is 20.4. The number of aryl methyl sites for hydroxylation is 1. The van der Waals surface area contributed by atoms with Crippen LogP contribution < -0.4 is 0 Å². The van der Waals surface area contributed by atoms with Crippen molar-refractivity contribution in [2.75, 3.05) is 6.54 Å². The van der Waals surface area contributed by atoms with Crippen LogP contribution in [0, 0.1) is 6.92 Å². The second-order valence-corrected chi connectivity index (χ2v) is 6.06. The number of hydrogen-bond acceptors (Lipinski definition) is 4. The molecule has 5 nitrogen and oxygen atoms in total. The minimum absolute atomic E-state index is 0.0511. The van der Waals surface area contributed by atoms with Crippen molar-refractivity contribution in [1.29, 1.82) is 0 Å². The predicted octanol–water partition coefficient (Wildman–Crippen LogP) is 3.45. The maximum absolute atomic E-state index is 12.2. The van der Waals surface area contributed by atoms with Crippen LogP contribution in [0.1, 0.15) is 57.5 Å². The number of aromatic nitrogens is 1. The van der Waals surface area contributed by atoms with Crippen molar-refractivity contribution in [3.63, 3.8) is 0 Å². The molecule has 1 saturated heterocycles. The maximum Gasteiger partial charge on any atom is 0.410 e. The van der Waals surface area contributed by atoms with E-state index in [1.54, 1.807) is 4.90 Å². The molecule has 1 fully saturated rings. The molecule has 106 valence electrons. The molecule has 2 rings (SSSR count). The monoisotopic (exact) mass is 266 g/mol. The van der Waals surface area contributed by atoms with E-state index in [0.29, 0.717) is 6.54 Å². The third-order valence-electron chi connectivity index (χ3n) is 3.11. The van der Waals surface area contributed by atoms with Crippen LogP contribution in [0.25, 0.3) is 0 Å². The molecule has 1 aliphatic rings. The van der Waals surface area contributed by atoms with Crippen LogP contribution in [0.3, 0.4) is 0 Å². The van der Waals surface area contributed by atoms with E-state index in [-0.39, 0.29) is 12.1 Å². The van der Waals surface area contributed by atoms with E-state index in [0.717, 1.165) is 30.7 Å². The summed E-state index contributed by atoms with van der Waals surface area (Å²) in [4.78, 5) is 14.0. The van der Waals surface area contributed by atoms with Gasteiger partial charge in [0.05, 0.1) is 11.7 Å². The average molecular weight is 266 g/mol. The Bertz CT molecular complexity index is 448. The molecule has 1 aromatic rings. The minimum atomic E-state index is -0.476. The van der Waals surface area contributed by atoms with Crippen LogP contribution in [0.5, 0.6) is 0 Å². The maximum atomic E-state index is 12.2. The van der Waals surface area contributed by atoms with Gasteiger partial charge < -0.3 is 9.26 Å². The fourth-order valence-corrected chi connectivity index (χ4v) is 2.31. The lowest BCUT2D eigenvalue weighted by Gasteiger charge is -2.35. The number of rotatable bonds is 1. The Morgan fingerprint density at radius 3 is 2.79 bits per heavy atom. The van der Waals surface area contributed by atoms with Gasteiger partial charge in [0.2, 0.25) is 0 Å². The fraction of sp³-hybridized carbons (Fsp3) is 0.714. The van der Waals surface area contributed by atoms with Gasteiger partial charge in [0.1, 0.15) is 5.60 Å². The first-order valence-corrected chi connectivity index (χ1v) is 6.79. The summed E-state index contributed by atoms with van der Waals surface area (Å²) >= 11 is 0. The first kappa shape index (κ1) is 13.9. The molecular weight excluding hydrogens is 244 g/mol. The second kappa shape index (κ2) is 5.23. The van der Waals surface area contributed by atoms with Crippen molar-refractivity contribution < 1.29 is 14.1 Å². The van der Waals surface area contributed by atoms with E-state index in [9.17, 15) is 4.79 Å². The summed E-state index contributed by atoms with van der Waals surface area (Å²) in [5.74, 6) is 0.753. The summed E-state index contributed by atoms with van der Waals surface area (Å²) in [5, 5.41) is 3.91. The molecule has 1 atom stereocenters. The van der Waals surface area contributed by atoms with Gasteiger partial charge in [-0.15, -0.1) is 0 Å². The van der Waals surface area contributed by atoms with Crippen molar-refractivity contribution in [2.24, 2.45) is 0 Å². The Labute approximate surface area is 113 Å². The summed E-state index contributed by atoms with van der Waals surface area (Å²) in [6.45, 7) is 8.22. The Morgan fingerprint density at radius 1 is 1.47 bits per heavy atom. The molecule has 1 unspecified atom stereocenters. The number of nitrogens with zero attached hydrogens (tertiary/aromatic N) is 2. The predicted molar refractivity (Wildman–Crippen MR) is 70.8 cm³/mol. The van der Waals surface area contributed by atoms with Gasteiger partial charge in [-0.05, 0) is 47.0 Å². The van der Waals surface area contributed by atoms with Crippen molar-refractivity contribution in [3.05, 3.63) is 17.5 Å². The molecule has 0 bridgehead atoms. The Balaban J connectivity index is 2.14. The first-order chi connectivity index (χ1) is 8.87. The van der Waals surface area contributed by atoms with Gasteiger partial charge in [-0.25, -0.2) is 4.79 Å². The first-order valence-electron chi connectivity index (χ1n) is 6.79. The largest absolute Gasteiger partial charge is 0.444 e. The molecule has 0 aliphatic carbocycles. The molecule has 0 spiro atoms. The van der Waals surface area contributed by atoms with E-state index in [1.807, 2.05) is 33.8 Å². The molecule has 0 saturated carbocycles. The van der Waals surface area contributed by atoms with E-state index in [2.05, 4.69) is 5.16 Å². The van der Waals surface area contributed by atoms with Crippen molar-refractivity contribution in [2.45, 2.75) is 58.6 Å². The summed E-state index contributed by atoms with van der Waals surface area (Å²) in [5.41, 5.74) is 0.362. The molecule has 2 heterocycles. The van der Waals surface area contributed by atoms with Gasteiger partial charge in [0.15, 0.2) is 5.76 Å². The van der Waals surface area contributed by atoms with E-state index in [4.69, 9.17) is 9.26 Å². The van der Waals surface area contributed by atoms with Crippen molar-refractivity contribution >= 4 is 6.09 Å². The zero-order chi connectivity index (χ0) is 14.0. The van der Waals surface area contributed by atoms with Crippen LogP contribution >= 0.6 is 0 Å². The summed E-state index contributed by atoms with van der Waals surface area (Å²) in [6.07, 6.45) is 2.71. The third kappa shape index (κ3) is 3.49. The second-order valence-electron chi connectivity index (χ2n) is 6.06. The molecule has 0 radical (unpaired) electrons. The zero-order valence-electron chi connectivity index (χ0n) is 12.1. The van der Waals surface area contributed by atoms with Gasteiger partial charge in [-0.3, -0.25) is 4.90 Å². The summed E-state index contributed by atoms with van der Waals surface area (Å²) in [6, 6.07) is 1.85. The van der Waals surface area contributed by atoms with E-state index in [1.165, 1.54) is 0 Å². The molecule has 1 aliphatic heterocycles. The average Bonchev–Trinajstić information content (AvgIpc) is 2.73. The summed E-state index contributed by atoms with van der Waals surface area (Å²) < 4.78 is 10.8. The van der Waals surface area contributed by atoms with Crippen molar-refractivity contribution in [3.8, 4) is 0 Å². The highest BCUT2D eigenvalue weighted by atomic mass is 16.6. The van der Waals surface area contributed by atoms with Crippen molar-refractivity contribution in [1.82, 2.24) is 10.1 Å². The highest BCUT2D eigenvalue weighted by Gasteiger charge is 2.33. The van der Waals surface area contributed by atoms with Gasteiger partial charge in [0.25, 0.3) is 0 Å². The molecule has 0 N–H and O–H groups in total.